The molecule has 1 aromatic carbocycles. The summed E-state index contributed by atoms with van der Waals surface area (Å²) in [5, 5.41) is 0. The second-order valence-electron chi connectivity index (χ2n) is 3.75. The number of nitrogen functional groups attached to an aromatic ring is 1. The van der Waals surface area contributed by atoms with E-state index in [0.29, 0.717) is 17.4 Å². The molecule has 2 N–H and O–H groups in total. The molecule has 18 heavy (non-hydrogen) atoms. The molecule has 0 unspecified atom stereocenters. The molecule has 2 rings (SSSR count). The smallest absolute Gasteiger partial charge is 0.221 e. The van der Waals surface area contributed by atoms with Gasteiger partial charge < -0.3 is 10.5 Å². The SMILES string of the molecule is CS(=O)(=O)c1ccc(Oc2cccc(N)n2)cc1. The molecule has 1 aromatic heterocycles. The first kappa shape index (κ1) is 12.4. The Hall–Kier alpha value is -2.08. The first-order chi connectivity index (χ1) is 8.45. The topological polar surface area (TPSA) is 82.3 Å². The Bertz CT molecular complexity index is 651. The monoisotopic (exact) mass is 264 g/mol. The minimum atomic E-state index is -3.19. The predicted molar refractivity (Wildman–Crippen MR) is 68.3 cm³/mol. The summed E-state index contributed by atoms with van der Waals surface area (Å²) >= 11 is 0. The number of pyridine rings is 1. The molecule has 0 aliphatic rings. The van der Waals surface area contributed by atoms with E-state index in [0.717, 1.165) is 6.26 Å². The minimum absolute atomic E-state index is 0.246. The van der Waals surface area contributed by atoms with Gasteiger partial charge in [-0.1, -0.05) is 6.07 Å². The van der Waals surface area contributed by atoms with Crippen LogP contribution in [0.4, 0.5) is 5.82 Å². The van der Waals surface area contributed by atoms with Crippen LogP contribution in [0.2, 0.25) is 0 Å². The van der Waals surface area contributed by atoms with Crippen LogP contribution >= 0.6 is 0 Å². The lowest BCUT2D eigenvalue weighted by Crippen LogP contribution is -1.97. The summed E-state index contributed by atoms with van der Waals surface area (Å²) < 4.78 is 28.0. The molecule has 0 aliphatic carbocycles. The van der Waals surface area contributed by atoms with Gasteiger partial charge in [0.15, 0.2) is 9.84 Å². The summed E-state index contributed by atoms with van der Waals surface area (Å²) in [6, 6.07) is 11.2. The zero-order valence-corrected chi connectivity index (χ0v) is 10.5. The predicted octanol–water partition coefficient (Wildman–Crippen LogP) is 1.86. The van der Waals surface area contributed by atoms with Crippen molar-refractivity contribution >= 4 is 15.7 Å². The molecule has 0 saturated heterocycles. The summed E-state index contributed by atoms with van der Waals surface area (Å²) in [5.74, 6) is 1.22. The number of benzene rings is 1. The van der Waals surface area contributed by atoms with E-state index in [4.69, 9.17) is 10.5 Å². The summed E-state index contributed by atoms with van der Waals surface area (Å²) in [4.78, 5) is 4.22. The molecule has 0 atom stereocenters. The first-order valence-corrected chi connectivity index (χ1v) is 7.05. The molecule has 2 aromatic rings. The number of ether oxygens (including phenoxy) is 1. The summed E-state index contributed by atoms with van der Waals surface area (Å²) in [5.41, 5.74) is 5.52. The highest BCUT2D eigenvalue weighted by molar-refractivity contribution is 7.90. The average Bonchev–Trinajstić information content (AvgIpc) is 2.28. The van der Waals surface area contributed by atoms with Crippen molar-refractivity contribution in [2.45, 2.75) is 4.90 Å². The van der Waals surface area contributed by atoms with Gasteiger partial charge in [-0.2, -0.15) is 4.98 Å². The summed E-state index contributed by atoms with van der Waals surface area (Å²) in [6.45, 7) is 0. The van der Waals surface area contributed by atoms with E-state index in [-0.39, 0.29) is 4.90 Å². The largest absolute Gasteiger partial charge is 0.439 e. The Balaban J connectivity index is 2.21. The second kappa shape index (κ2) is 4.66. The number of hydrogen-bond donors (Lipinski definition) is 1. The van der Waals surface area contributed by atoms with E-state index >= 15 is 0 Å². The number of nitrogens with zero attached hydrogens (tertiary/aromatic N) is 1. The third-order valence-electron chi connectivity index (χ3n) is 2.22. The standard InChI is InChI=1S/C12H12N2O3S/c1-18(15,16)10-7-5-9(6-8-10)17-12-4-2-3-11(13)14-12/h2-8H,1H3,(H2,13,14). The molecular weight excluding hydrogens is 252 g/mol. The Morgan fingerprint density at radius 1 is 1.11 bits per heavy atom. The number of rotatable bonds is 3. The van der Waals surface area contributed by atoms with Crippen LogP contribution in [0.5, 0.6) is 11.6 Å². The maximum absolute atomic E-state index is 11.3. The molecule has 6 heteroatoms. The van der Waals surface area contributed by atoms with E-state index < -0.39 is 9.84 Å². The van der Waals surface area contributed by atoms with Crippen LogP contribution < -0.4 is 10.5 Å². The van der Waals surface area contributed by atoms with Crippen LogP contribution in [-0.2, 0) is 9.84 Å². The zero-order valence-electron chi connectivity index (χ0n) is 9.70. The number of anilines is 1. The van der Waals surface area contributed by atoms with Gasteiger partial charge in [-0.05, 0) is 30.3 Å². The highest BCUT2D eigenvalue weighted by Gasteiger charge is 2.07. The van der Waals surface area contributed by atoms with Crippen LogP contribution in [0.1, 0.15) is 0 Å². The highest BCUT2D eigenvalue weighted by Crippen LogP contribution is 2.21. The zero-order chi connectivity index (χ0) is 13.2. The van der Waals surface area contributed by atoms with Crippen molar-refractivity contribution in [2.75, 3.05) is 12.0 Å². The van der Waals surface area contributed by atoms with Crippen molar-refractivity contribution in [2.24, 2.45) is 0 Å². The van der Waals surface area contributed by atoms with Crippen molar-refractivity contribution in [1.29, 1.82) is 0 Å². The number of hydrogen-bond acceptors (Lipinski definition) is 5. The number of nitrogens with two attached hydrogens (primary N) is 1. The Kier molecular flexibility index (Phi) is 3.20. The second-order valence-corrected chi connectivity index (χ2v) is 5.76. The third kappa shape index (κ3) is 2.98. The molecule has 0 amide bonds. The average molecular weight is 264 g/mol. The maximum atomic E-state index is 11.3. The van der Waals surface area contributed by atoms with Crippen LogP contribution in [0, 0.1) is 0 Å². The van der Waals surface area contributed by atoms with E-state index in [2.05, 4.69) is 4.98 Å². The lowest BCUT2D eigenvalue weighted by atomic mass is 10.3. The molecule has 0 saturated carbocycles. The molecule has 0 radical (unpaired) electrons. The van der Waals surface area contributed by atoms with Gasteiger partial charge in [-0.3, -0.25) is 0 Å². The van der Waals surface area contributed by atoms with Crippen molar-refractivity contribution in [1.82, 2.24) is 4.98 Å². The van der Waals surface area contributed by atoms with E-state index in [1.165, 1.54) is 12.1 Å². The summed E-state index contributed by atoms with van der Waals surface area (Å²) in [7, 11) is -3.19. The molecular formula is C12H12N2O3S. The molecule has 0 fully saturated rings. The quantitative estimate of drug-likeness (QED) is 0.915. The van der Waals surface area contributed by atoms with Crippen molar-refractivity contribution < 1.29 is 13.2 Å². The van der Waals surface area contributed by atoms with Gasteiger partial charge in [0, 0.05) is 12.3 Å². The molecule has 94 valence electrons. The number of aromatic nitrogens is 1. The van der Waals surface area contributed by atoms with Gasteiger partial charge in [0.25, 0.3) is 0 Å². The molecule has 1 heterocycles. The van der Waals surface area contributed by atoms with Crippen LogP contribution in [-0.4, -0.2) is 19.7 Å². The van der Waals surface area contributed by atoms with Gasteiger partial charge in [0.2, 0.25) is 5.88 Å². The van der Waals surface area contributed by atoms with Crippen LogP contribution in [0.15, 0.2) is 47.4 Å². The molecule has 0 spiro atoms. The van der Waals surface area contributed by atoms with Crippen molar-refractivity contribution in [3.8, 4) is 11.6 Å². The lowest BCUT2D eigenvalue weighted by molar-refractivity contribution is 0.463. The fraction of sp³-hybridized carbons (Fsp3) is 0.0833. The fourth-order valence-corrected chi connectivity index (χ4v) is 1.99. The van der Waals surface area contributed by atoms with E-state index in [9.17, 15) is 8.42 Å². The Morgan fingerprint density at radius 3 is 2.33 bits per heavy atom. The lowest BCUT2D eigenvalue weighted by Gasteiger charge is -2.05. The van der Waals surface area contributed by atoms with Crippen molar-refractivity contribution in [3.05, 3.63) is 42.5 Å². The fourth-order valence-electron chi connectivity index (χ4n) is 1.36. The first-order valence-electron chi connectivity index (χ1n) is 5.16. The van der Waals surface area contributed by atoms with Gasteiger partial charge in [-0.15, -0.1) is 0 Å². The van der Waals surface area contributed by atoms with Gasteiger partial charge >= 0.3 is 0 Å². The van der Waals surface area contributed by atoms with Crippen LogP contribution in [0.25, 0.3) is 0 Å². The molecule has 5 nitrogen and oxygen atoms in total. The number of sulfone groups is 1. The maximum Gasteiger partial charge on any atom is 0.221 e. The third-order valence-corrected chi connectivity index (χ3v) is 3.35. The van der Waals surface area contributed by atoms with Gasteiger partial charge in [0.05, 0.1) is 4.90 Å². The molecule has 0 bridgehead atoms. The van der Waals surface area contributed by atoms with Gasteiger partial charge in [-0.25, -0.2) is 8.42 Å². The summed E-state index contributed by atoms with van der Waals surface area (Å²) in [6.07, 6.45) is 1.16. The van der Waals surface area contributed by atoms with Crippen LogP contribution in [0.3, 0.4) is 0 Å². The Labute approximate surface area is 105 Å². The normalized spacial score (nSPS) is 11.2. The van der Waals surface area contributed by atoms with Crippen molar-refractivity contribution in [3.63, 3.8) is 0 Å². The van der Waals surface area contributed by atoms with Gasteiger partial charge in [0.1, 0.15) is 11.6 Å². The van der Waals surface area contributed by atoms with E-state index in [1.807, 2.05) is 0 Å². The highest BCUT2D eigenvalue weighted by atomic mass is 32.2. The Morgan fingerprint density at radius 2 is 1.78 bits per heavy atom. The van der Waals surface area contributed by atoms with E-state index in [1.54, 1.807) is 30.3 Å². The molecule has 0 aliphatic heterocycles. The minimum Gasteiger partial charge on any atom is -0.439 e.